The van der Waals surface area contributed by atoms with Crippen LogP contribution in [0.25, 0.3) is 0 Å². The van der Waals surface area contributed by atoms with Crippen LogP contribution in [0, 0.1) is 0 Å². The van der Waals surface area contributed by atoms with E-state index in [1.54, 1.807) is 27.7 Å². The van der Waals surface area contributed by atoms with E-state index in [2.05, 4.69) is 10.1 Å². The lowest BCUT2D eigenvalue weighted by Gasteiger charge is -2.29. The number of hydrogen-bond acceptors (Lipinski definition) is 6. The average molecular weight is 332 g/mol. The smallest absolute Gasteiger partial charge is 0.408 e. The zero-order valence-corrected chi connectivity index (χ0v) is 14.9. The number of ether oxygens (including phenoxy) is 2. The van der Waals surface area contributed by atoms with Crippen molar-refractivity contribution in [2.75, 3.05) is 7.11 Å². The standard InChI is InChI=1S/C16H32N2O5/c1-11(19)14(18-15(21)23-16(2,3)4)12(17)9-7-6-8-10-13(20)22-5/h11-12,14,19H,6-10,17H2,1-5H3,(H,18,21). The minimum Gasteiger partial charge on any atom is -0.469 e. The van der Waals surface area contributed by atoms with E-state index in [0.717, 1.165) is 19.3 Å². The molecule has 0 bridgehead atoms. The van der Waals surface area contributed by atoms with E-state index >= 15 is 0 Å². The summed E-state index contributed by atoms with van der Waals surface area (Å²) in [7, 11) is 1.37. The molecule has 3 unspecified atom stereocenters. The van der Waals surface area contributed by atoms with Crippen LogP contribution in [0.5, 0.6) is 0 Å². The van der Waals surface area contributed by atoms with Gasteiger partial charge in [-0.1, -0.05) is 12.8 Å². The Labute approximate surface area is 138 Å². The molecule has 0 spiro atoms. The Morgan fingerprint density at radius 3 is 2.30 bits per heavy atom. The maximum Gasteiger partial charge on any atom is 0.408 e. The lowest BCUT2D eigenvalue weighted by Crippen LogP contribution is -2.54. The normalized spacial score (nSPS) is 15.4. The van der Waals surface area contributed by atoms with Crippen LogP contribution in [0.2, 0.25) is 0 Å². The first-order valence-corrected chi connectivity index (χ1v) is 8.06. The molecule has 3 atom stereocenters. The molecule has 0 saturated heterocycles. The van der Waals surface area contributed by atoms with Crippen LogP contribution in [0.4, 0.5) is 4.79 Å². The van der Waals surface area contributed by atoms with Gasteiger partial charge in [0.15, 0.2) is 0 Å². The molecule has 7 heteroatoms. The second-order valence-corrected chi connectivity index (χ2v) is 6.75. The van der Waals surface area contributed by atoms with Crippen LogP contribution in [0.3, 0.4) is 0 Å². The molecule has 0 aromatic heterocycles. The number of amides is 1. The molecule has 0 aromatic rings. The number of esters is 1. The maximum absolute atomic E-state index is 11.8. The van der Waals surface area contributed by atoms with Crippen LogP contribution in [-0.2, 0) is 14.3 Å². The summed E-state index contributed by atoms with van der Waals surface area (Å²) in [6, 6.07) is -0.967. The van der Waals surface area contributed by atoms with Crippen molar-refractivity contribution in [2.45, 2.75) is 83.6 Å². The van der Waals surface area contributed by atoms with Crippen LogP contribution in [0.15, 0.2) is 0 Å². The number of nitrogens with two attached hydrogens (primary N) is 1. The maximum atomic E-state index is 11.8. The molecule has 0 heterocycles. The number of aliphatic hydroxyl groups excluding tert-OH is 1. The molecular formula is C16H32N2O5. The third kappa shape index (κ3) is 10.9. The quantitative estimate of drug-likeness (QED) is 0.438. The van der Waals surface area contributed by atoms with Gasteiger partial charge in [0.2, 0.25) is 0 Å². The van der Waals surface area contributed by atoms with Gasteiger partial charge in [-0.05, 0) is 40.5 Å². The van der Waals surface area contributed by atoms with Crippen molar-refractivity contribution in [3.8, 4) is 0 Å². The van der Waals surface area contributed by atoms with E-state index < -0.39 is 23.8 Å². The molecule has 23 heavy (non-hydrogen) atoms. The monoisotopic (exact) mass is 332 g/mol. The third-order valence-corrected chi connectivity index (χ3v) is 3.31. The summed E-state index contributed by atoms with van der Waals surface area (Å²) in [4.78, 5) is 22.8. The zero-order chi connectivity index (χ0) is 18.0. The number of carbonyl (C=O) groups is 2. The molecule has 0 aliphatic carbocycles. The van der Waals surface area contributed by atoms with Gasteiger partial charge in [0.25, 0.3) is 0 Å². The number of hydrogen-bond donors (Lipinski definition) is 3. The minimum atomic E-state index is -0.785. The summed E-state index contributed by atoms with van der Waals surface area (Å²) in [5, 5.41) is 12.5. The van der Waals surface area contributed by atoms with Gasteiger partial charge in [-0.2, -0.15) is 0 Å². The van der Waals surface area contributed by atoms with Crippen molar-refractivity contribution in [1.82, 2.24) is 5.32 Å². The van der Waals surface area contributed by atoms with Gasteiger partial charge in [0.05, 0.1) is 19.3 Å². The van der Waals surface area contributed by atoms with Gasteiger partial charge in [-0.15, -0.1) is 0 Å². The first-order valence-electron chi connectivity index (χ1n) is 8.06. The molecule has 0 radical (unpaired) electrons. The Kier molecular flexibility index (Phi) is 9.83. The SMILES string of the molecule is COC(=O)CCCCCC(N)C(NC(=O)OC(C)(C)C)C(C)O. The Morgan fingerprint density at radius 2 is 1.83 bits per heavy atom. The summed E-state index contributed by atoms with van der Waals surface area (Å²) in [6.45, 7) is 6.89. The first-order chi connectivity index (χ1) is 10.6. The molecule has 4 N–H and O–H groups in total. The van der Waals surface area contributed by atoms with Crippen LogP contribution in [0.1, 0.15) is 59.8 Å². The van der Waals surface area contributed by atoms with Crippen molar-refractivity contribution in [3.05, 3.63) is 0 Å². The molecule has 136 valence electrons. The van der Waals surface area contributed by atoms with E-state index in [0.29, 0.717) is 12.8 Å². The molecule has 0 saturated carbocycles. The Hall–Kier alpha value is -1.34. The average Bonchev–Trinajstić information content (AvgIpc) is 2.41. The van der Waals surface area contributed by atoms with Gasteiger partial charge in [-0.3, -0.25) is 4.79 Å². The molecular weight excluding hydrogens is 300 g/mol. The second-order valence-electron chi connectivity index (χ2n) is 6.75. The summed E-state index contributed by atoms with van der Waals surface area (Å²) in [6.07, 6.45) is 2.02. The fourth-order valence-electron chi connectivity index (χ4n) is 2.14. The third-order valence-electron chi connectivity index (χ3n) is 3.31. The molecule has 0 aliphatic rings. The van der Waals surface area contributed by atoms with Crippen LogP contribution < -0.4 is 11.1 Å². The van der Waals surface area contributed by atoms with Crippen molar-refractivity contribution in [2.24, 2.45) is 5.73 Å². The Morgan fingerprint density at radius 1 is 1.22 bits per heavy atom. The number of carbonyl (C=O) groups excluding carboxylic acids is 2. The second kappa shape index (κ2) is 10.4. The van der Waals surface area contributed by atoms with E-state index in [1.165, 1.54) is 7.11 Å². The number of methoxy groups -OCH3 is 1. The molecule has 1 amide bonds. The van der Waals surface area contributed by atoms with Gasteiger partial charge < -0.3 is 25.6 Å². The summed E-state index contributed by atoms with van der Waals surface area (Å²) in [5.41, 5.74) is 5.47. The van der Waals surface area contributed by atoms with Gasteiger partial charge >= 0.3 is 12.1 Å². The minimum absolute atomic E-state index is 0.220. The lowest BCUT2D eigenvalue weighted by atomic mass is 9.98. The topological polar surface area (TPSA) is 111 Å². The van der Waals surface area contributed by atoms with Gasteiger partial charge in [0, 0.05) is 12.5 Å². The summed E-state index contributed by atoms with van der Waals surface area (Å²) in [5.74, 6) is -0.220. The molecule has 0 rings (SSSR count). The predicted octanol–water partition coefficient (Wildman–Crippen LogP) is 1.71. The molecule has 0 aliphatic heterocycles. The predicted molar refractivity (Wildman–Crippen MR) is 87.9 cm³/mol. The fraction of sp³-hybridized carbons (Fsp3) is 0.875. The summed E-state index contributed by atoms with van der Waals surface area (Å²) < 4.78 is 9.76. The van der Waals surface area contributed by atoms with Crippen molar-refractivity contribution >= 4 is 12.1 Å². The lowest BCUT2D eigenvalue weighted by molar-refractivity contribution is -0.140. The highest BCUT2D eigenvalue weighted by Crippen LogP contribution is 2.12. The van der Waals surface area contributed by atoms with Gasteiger partial charge in [-0.25, -0.2) is 4.79 Å². The van der Waals surface area contributed by atoms with Crippen molar-refractivity contribution in [1.29, 1.82) is 0 Å². The van der Waals surface area contributed by atoms with Crippen molar-refractivity contribution < 1.29 is 24.2 Å². The highest BCUT2D eigenvalue weighted by Gasteiger charge is 2.26. The summed E-state index contributed by atoms with van der Waals surface area (Å²) >= 11 is 0. The fourth-order valence-corrected chi connectivity index (χ4v) is 2.14. The highest BCUT2D eigenvalue weighted by atomic mass is 16.6. The van der Waals surface area contributed by atoms with Crippen LogP contribution >= 0.6 is 0 Å². The van der Waals surface area contributed by atoms with Gasteiger partial charge in [0.1, 0.15) is 5.60 Å². The van der Waals surface area contributed by atoms with Crippen LogP contribution in [-0.4, -0.2) is 48.1 Å². The van der Waals surface area contributed by atoms with Crippen molar-refractivity contribution in [3.63, 3.8) is 0 Å². The Balaban J connectivity index is 4.22. The van der Waals surface area contributed by atoms with E-state index in [4.69, 9.17) is 10.5 Å². The largest absolute Gasteiger partial charge is 0.469 e. The molecule has 0 aromatic carbocycles. The zero-order valence-electron chi connectivity index (χ0n) is 14.9. The van der Waals surface area contributed by atoms with E-state index in [1.807, 2.05) is 0 Å². The highest BCUT2D eigenvalue weighted by molar-refractivity contribution is 5.69. The number of alkyl carbamates (subject to hydrolysis) is 1. The molecule has 0 fully saturated rings. The Bertz CT molecular complexity index is 366. The van der Waals surface area contributed by atoms with E-state index in [9.17, 15) is 14.7 Å². The number of unbranched alkanes of at least 4 members (excludes halogenated alkanes) is 2. The first kappa shape index (κ1) is 21.7. The number of nitrogens with one attached hydrogen (secondary N) is 1. The number of aliphatic hydroxyl groups is 1. The number of rotatable bonds is 9. The molecule has 7 nitrogen and oxygen atoms in total. The van der Waals surface area contributed by atoms with E-state index in [-0.39, 0.29) is 12.0 Å².